The molecule has 172 valence electrons. The number of carbonyl (C=O) groups is 1. The summed E-state index contributed by atoms with van der Waals surface area (Å²) >= 11 is 0. The van der Waals surface area contributed by atoms with Gasteiger partial charge in [0.15, 0.2) is 9.84 Å². The predicted octanol–water partition coefficient (Wildman–Crippen LogP) is 4.92. The molecule has 0 heterocycles. The van der Waals surface area contributed by atoms with Crippen molar-refractivity contribution >= 4 is 33.6 Å². The van der Waals surface area contributed by atoms with Crippen LogP contribution in [0.15, 0.2) is 66.1 Å². The highest BCUT2D eigenvalue weighted by atomic mass is 32.2. The third-order valence-corrected chi connectivity index (χ3v) is 6.02. The minimum Gasteiger partial charge on any atom is -0.375 e. The van der Waals surface area contributed by atoms with Crippen molar-refractivity contribution in [1.29, 1.82) is 0 Å². The Bertz CT molecular complexity index is 996. The fourth-order valence-corrected chi connectivity index (χ4v) is 3.62. The highest BCUT2D eigenvalue weighted by Gasteiger charge is 2.05. The van der Waals surface area contributed by atoms with E-state index in [1.54, 1.807) is 24.3 Å². The molecule has 0 aliphatic carbocycles. The van der Waals surface area contributed by atoms with Crippen LogP contribution < -0.4 is 4.90 Å². The van der Waals surface area contributed by atoms with Crippen molar-refractivity contribution in [3.05, 3.63) is 72.3 Å². The van der Waals surface area contributed by atoms with E-state index in [4.69, 9.17) is 4.89 Å². The third-order valence-electron chi connectivity index (χ3n) is 4.89. The Hall–Kier alpha value is -2.90. The molecule has 0 bridgehead atoms. The zero-order valence-electron chi connectivity index (χ0n) is 18.7. The summed E-state index contributed by atoms with van der Waals surface area (Å²) in [5.74, 6) is -0.573. The average Bonchev–Trinajstić information content (AvgIpc) is 2.79. The van der Waals surface area contributed by atoms with E-state index < -0.39 is 15.8 Å². The Morgan fingerprint density at radius 2 is 1.50 bits per heavy atom. The molecule has 6 nitrogen and oxygen atoms in total. The van der Waals surface area contributed by atoms with Crippen LogP contribution >= 0.6 is 0 Å². The van der Waals surface area contributed by atoms with E-state index in [0.29, 0.717) is 11.5 Å². The molecular weight excluding hydrogens is 426 g/mol. The first kappa shape index (κ1) is 25.4. The second kappa shape index (κ2) is 12.8. The average molecular weight is 458 g/mol. The van der Waals surface area contributed by atoms with Crippen LogP contribution in [0.3, 0.4) is 0 Å². The van der Waals surface area contributed by atoms with Crippen molar-refractivity contribution in [2.75, 3.05) is 31.4 Å². The Morgan fingerprint density at radius 3 is 2.06 bits per heavy atom. The van der Waals surface area contributed by atoms with E-state index in [2.05, 4.69) is 47.7 Å². The van der Waals surface area contributed by atoms with Gasteiger partial charge in [-0.1, -0.05) is 55.8 Å². The molecular formula is C25H31NO5S. The van der Waals surface area contributed by atoms with Crippen LogP contribution in [0.5, 0.6) is 0 Å². The van der Waals surface area contributed by atoms with Gasteiger partial charge in [0.25, 0.3) is 0 Å². The standard InChI is InChI=1S/C25H31NO5S/c1-4-25(27)31-30-20-8-6-5-7-19-26(2)23-15-11-21(12-16-23)9-10-22-13-17-24(18-14-22)32(3,28)29/h4,9-18H,1,5-8,19-20H2,2-3H3. The van der Waals surface area contributed by atoms with Crippen molar-refractivity contribution in [2.45, 2.75) is 30.6 Å². The first-order chi connectivity index (χ1) is 15.3. The summed E-state index contributed by atoms with van der Waals surface area (Å²) in [5.41, 5.74) is 3.17. The summed E-state index contributed by atoms with van der Waals surface area (Å²) in [5, 5.41) is 0. The molecule has 0 amide bonds. The molecule has 32 heavy (non-hydrogen) atoms. The van der Waals surface area contributed by atoms with Crippen LogP contribution in [0.1, 0.15) is 36.8 Å². The lowest BCUT2D eigenvalue weighted by molar-refractivity contribution is -0.267. The van der Waals surface area contributed by atoms with Crippen molar-refractivity contribution in [1.82, 2.24) is 0 Å². The van der Waals surface area contributed by atoms with Gasteiger partial charge in [-0.05, 0) is 48.2 Å². The number of benzene rings is 2. The molecule has 2 rings (SSSR count). The molecule has 7 heteroatoms. The van der Waals surface area contributed by atoms with E-state index in [0.717, 1.165) is 55.1 Å². The Labute approximate surface area is 191 Å². The largest absolute Gasteiger partial charge is 0.375 e. The summed E-state index contributed by atoms with van der Waals surface area (Å²) < 4.78 is 23.1. The third kappa shape index (κ3) is 9.08. The Kier molecular flexibility index (Phi) is 10.2. The summed E-state index contributed by atoms with van der Waals surface area (Å²) in [4.78, 5) is 22.6. The SMILES string of the molecule is C=CC(=O)OOCCCCCCN(C)c1ccc(C=Cc2ccc(S(C)(=O)=O)cc2)cc1. The zero-order valence-corrected chi connectivity index (χ0v) is 19.5. The minimum absolute atomic E-state index is 0.324. The van der Waals surface area contributed by atoms with Crippen LogP contribution in [0.2, 0.25) is 0 Å². The van der Waals surface area contributed by atoms with Crippen LogP contribution in [-0.4, -0.2) is 40.8 Å². The number of anilines is 1. The van der Waals surface area contributed by atoms with Gasteiger partial charge in [0.1, 0.15) is 0 Å². The Morgan fingerprint density at radius 1 is 0.938 bits per heavy atom. The normalized spacial score (nSPS) is 11.4. The molecule has 2 aromatic rings. The fraction of sp³-hybridized carbons (Fsp3) is 0.320. The quantitative estimate of drug-likeness (QED) is 0.140. The number of unbranched alkanes of at least 4 members (excludes halogenated alkanes) is 3. The number of carbonyl (C=O) groups excluding carboxylic acids is 1. The van der Waals surface area contributed by atoms with E-state index in [9.17, 15) is 13.2 Å². The molecule has 0 unspecified atom stereocenters. The number of rotatable bonds is 13. The van der Waals surface area contributed by atoms with E-state index >= 15 is 0 Å². The number of hydrogen-bond acceptors (Lipinski definition) is 6. The van der Waals surface area contributed by atoms with Gasteiger partial charge in [-0.25, -0.2) is 13.2 Å². The van der Waals surface area contributed by atoms with Crippen molar-refractivity contribution in [3.8, 4) is 0 Å². The molecule has 0 saturated carbocycles. The maximum Gasteiger partial charge on any atom is 0.365 e. The van der Waals surface area contributed by atoms with E-state index in [1.807, 2.05) is 12.2 Å². The van der Waals surface area contributed by atoms with Gasteiger partial charge < -0.3 is 4.90 Å². The van der Waals surface area contributed by atoms with E-state index in [1.165, 1.54) is 6.26 Å². The fourth-order valence-electron chi connectivity index (χ4n) is 2.98. The minimum atomic E-state index is -3.17. The van der Waals surface area contributed by atoms with Crippen LogP contribution in [-0.2, 0) is 24.4 Å². The van der Waals surface area contributed by atoms with Crippen molar-refractivity contribution in [3.63, 3.8) is 0 Å². The maximum absolute atomic E-state index is 11.5. The first-order valence-corrected chi connectivity index (χ1v) is 12.4. The lowest BCUT2D eigenvalue weighted by atomic mass is 10.1. The molecule has 0 aromatic heterocycles. The van der Waals surface area contributed by atoms with Gasteiger partial charge >= 0.3 is 5.97 Å². The summed E-state index contributed by atoms with van der Waals surface area (Å²) in [6.07, 6.45) is 10.2. The second-order valence-corrected chi connectivity index (χ2v) is 9.55. The first-order valence-electron chi connectivity index (χ1n) is 10.5. The van der Waals surface area contributed by atoms with Gasteiger partial charge in [-0.2, -0.15) is 4.89 Å². The molecule has 0 aliphatic rings. The highest BCUT2D eigenvalue weighted by Crippen LogP contribution is 2.17. The lowest BCUT2D eigenvalue weighted by Gasteiger charge is -2.19. The highest BCUT2D eigenvalue weighted by molar-refractivity contribution is 7.90. The number of hydrogen-bond donors (Lipinski definition) is 0. The maximum atomic E-state index is 11.5. The van der Waals surface area contributed by atoms with Crippen LogP contribution in [0, 0.1) is 0 Å². The molecule has 0 atom stereocenters. The van der Waals surface area contributed by atoms with Crippen LogP contribution in [0.25, 0.3) is 12.2 Å². The number of nitrogens with zero attached hydrogens (tertiary/aromatic N) is 1. The van der Waals surface area contributed by atoms with Gasteiger partial charge in [0.05, 0.1) is 11.5 Å². The second-order valence-electron chi connectivity index (χ2n) is 7.53. The zero-order chi connectivity index (χ0) is 23.4. The smallest absolute Gasteiger partial charge is 0.365 e. The summed E-state index contributed by atoms with van der Waals surface area (Å²) in [6, 6.07) is 15.2. The van der Waals surface area contributed by atoms with Gasteiger partial charge in [0.2, 0.25) is 0 Å². The summed E-state index contributed by atoms with van der Waals surface area (Å²) in [7, 11) is -1.10. The Balaban J connectivity index is 1.72. The van der Waals surface area contributed by atoms with E-state index in [-0.39, 0.29) is 0 Å². The summed E-state index contributed by atoms with van der Waals surface area (Å²) in [6.45, 7) is 4.65. The number of sulfone groups is 1. The molecule has 2 aromatic carbocycles. The molecule has 0 saturated heterocycles. The topological polar surface area (TPSA) is 72.9 Å². The van der Waals surface area contributed by atoms with Gasteiger partial charge in [-0.15, -0.1) is 0 Å². The van der Waals surface area contributed by atoms with Crippen molar-refractivity contribution < 1.29 is 23.0 Å². The predicted molar refractivity (Wildman–Crippen MR) is 129 cm³/mol. The molecule has 0 aliphatic heterocycles. The molecule has 0 fully saturated rings. The van der Waals surface area contributed by atoms with Gasteiger partial charge in [0, 0.05) is 31.6 Å². The molecule has 0 N–H and O–H groups in total. The lowest BCUT2D eigenvalue weighted by Crippen LogP contribution is -2.18. The monoisotopic (exact) mass is 457 g/mol. The molecule has 0 radical (unpaired) electrons. The van der Waals surface area contributed by atoms with Crippen LogP contribution in [0.4, 0.5) is 5.69 Å². The molecule has 0 spiro atoms. The van der Waals surface area contributed by atoms with Gasteiger partial charge in [-0.3, -0.25) is 4.89 Å². The van der Waals surface area contributed by atoms with Crippen molar-refractivity contribution in [2.24, 2.45) is 0 Å².